The van der Waals surface area contributed by atoms with Crippen LogP contribution in [-0.2, 0) is 16.2 Å². The third kappa shape index (κ3) is 5.09. The quantitative estimate of drug-likeness (QED) is 0.270. The Kier molecular flexibility index (Phi) is 7.21. The van der Waals surface area contributed by atoms with Gasteiger partial charge in [-0.05, 0) is 85.8 Å². The summed E-state index contributed by atoms with van der Waals surface area (Å²) >= 11 is 13.1. The van der Waals surface area contributed by atoms with Crippen molar-refractivity contribution < 1.29 is 19.1 Å². The van der Waals surface area contributed by atoms with Crippen LogP contribution in [0.15, 0.2) is 75.2 Å². The summed E-state index contributed by atoms with van der Waals surface area (Å²) in [5.74, 6) is -0.942. The first-order valence-corrected chi connectivity index (χ1v) is 12.0. The molecule has 0 aliphatic carbocycles. The van der Waals surface area contributed by atoms with E-state index in [2.05, 4.69) is 37.2 Å². The molecule has 172 valence electrons. The topological polar surface area (TPSA) is 75.7 Å². The fourth-order valence-corrected chi connectivity index (χ4v) is 4.94. The third-order valence-corrected chi connectivity index (χ3v) is 6.66. The number of nitrogens with zero attached hydrogens (tertiary/aromatic N) is 1. The molecule has 1 aliphatic heterocycles. The van der Waals surface area contributed by atoms with Crippen molar-refractivity contribution in [2.24, 2.45) is 0 Å². The average molecular weight is 605 g/mol. The molecule has 1 fully saturated rings. The molecule has 0 atom stereocenters. The molecule has 34 heavy (non-hydrogen) atoms. The molecule has 0 bridgehead atoms. The van der Waals surface area contributed by atoms with E-state index in [4.69, 9.17) is 16.3 Å². The second-order valence-electron chi connectivity index (χ2n) is 7.48. The Labute approximate surface area is 217 Å². The van der Waals surface area contributed by atoms with Gasteiger partial charge in [-0.25, -0.2) is 9.69 Å². The number of imide groups is 2. The van der Waals surface area contributed by atoms with Crippen LogP contribution in [0.1, 0.15) is 16.7 Å². The van der Waals surface area contributed by atoms with Crippen molar-refractivity contribution in [3.63, 3.8) is 0 Å². The maximum atomic E-state index is 13.1. The fourth-order valence-electron chi connectivity index (χ4n) is 3.31. The highest BCUT2D eigenvalue weighted by Gasteiger charge is 2.37. The molecular formula is C25H17Br2ClN2O4. The van der Waals surface area contributed by atoms with Gasteiger partial charge in [-0.1, -0.05) is 48.0 Å². The number of anilines is 1. The third-order valence-electron chi connectivity index (χ3n) is 5.07. The number of nitrogens with one attached hydrogen (secondary N) is 1. The number of aryl methyl sites for hydroxylation is 1. The van der Waals surface area contributed by atoms with E-state index in [1.165, 1.54) is 12.1 Å². The van der Waals surface area contributed by atoms with E-state index in [1.807, 2.05) is 37.3 Å². The summed E-state index contributed by atoms with van der Waals surface area (Å²) in [6.07, 6.45) is 1.42. The van der Waals surface area contributed by atoms with Gasteiger partial charge in [-0.2, -0.15) is 0 Å². The van der Waals surface area contributed by atoms with Gasteiger partial charge in [-0.3, -0.25) is 14.9 Å². The van der Waals surface area contributed by atoms with Crippen molar-refractivity contribution in [1.82, 2.24) is 5.32 Å². The molecule has 1 aliphatic rings. The van der Waals surface area contributed by atoms with Crippen molar-refractivity contribution in [3.05, 3.63) is 96.9 Å². The fraction of sp³-hybridized carbons (Fsp3) is 0.0800. The summed E-state index contributed by atoms with van der Waals surface area (Å²) in [4.78, 5) is 38.9. The summed E-state index contributed by atoms with van der Waals surface area (Å²) in [5, 5.41) is 2.61. The van der Waals surface area contributed by atoms with E-state index < -0.39 is 17.8 Å². The lowest BCUT2D eigenvalue weighted by atomic mass is 10.1. The van der Waals surface area contributed by atoms with Crippen molar-refractivity contribution in [2.45, 2.75) is 13.5 Å². The van der Waals surface area contributed by atoms with Crippen LogP contribution in [0.25, 0.3) is 6.08 Å². The van der Waals surface area contributed by atoms with Crippen LogP contribution in [0.5, 0.6) is 5.75 Å². The molecular weight excluding hydrogens is 588 g/mol. The van der Waals surface area contributed by atoms with Crippen LogP contribution < -0.4 is 15.0 Å². The maximum Gasteiger partial charge on any atom is 0.335 e. The summed E-state index contributed by atoms with van der Waals surface area (Å²) in [6.45, 7) is 2.18. The highest BCUT2D eigenvalue weighted by atomic mass is 79.9. The first-order chi connectivity index (χ1) is 16.2. The second-order valence-corrected chi connectivity index (χ2v) is 9.60. The predicted molar refractivity (Wildman–Crippen MR) is 138 cm³/mol. The molecule has 3 aromatic rings. The molecule has 0 unspecified atom stereocenters. The molecule has 6 nitrogen and oxygen atoms in total. The number of urea groups is 1. The number of rotatable bonds is 5. The van der Waals surface area contributed by atoms with Gasteiger partial charge >= 0.3 is 6.03 Å². The molecule has 9 heteroatoms. The Balaban J connectivity index is 1.63. The predicted octanol–water partition coefficient (Wildman–Crippen LogP) is 6.42. The second kappa shape index (κ2) is 10.1. The summed E-state index contributed by atoms with van der Waals surface area (Å²) in [7, 11) is 0. The zero-order valence-electron chi connectivity index (χ0n) is 17.8. The lowest BCUT2D eigenvalue weighted by Crippen LogP contribution is -2.54. The Morgan fingerprint density at radius 2 is 1.68 bits per heavy atom. The van der Waals surface area contributed by atoms with Gasteiger partial charge in [0.1, 0.15) is 17.9 Å². The van der Waals surface area contributed by atoms with E-state index in [0.717, 1.165) is 16.0 Å². The number of halogens is 3. The number of amides is 4. The summed E-state index contributed by atoms with van der Waals surface area (Å²) in [5.41, 5.74) is 2.45. The molecule has 1 N–H and O–H groups in total. The van der Waals surface area contributed by atoms with E-state index in [1.54, 1.807) is 24.3 Å². The van der Waals surface area contributed by atoms with Crippen molar-refractivity contribution in [2.75, 3.05) is 4.90 Å². The summed E-state index contributed by atoms with van der Waals surface area (Å²) in [6, 6.07) is 17.1. The van der Waals surface area contributed by atoms with Crippen LogP contribution in [-0.4, -0.2) is 17.8 Å². The van der Waals surface area contributed by atoms with Gasteiger partial charge in [0.25, 0.3) is 11.8 Å². The highest BCUT2D eigenvalue weighted by Crippen LogP contribution is 2.36. The Hall–Kier alpha value is -2.94. The van der Waals surface area contributed by atoms with Gasteiger partial charge in [0.05, 0.1) is 14.6 Å². The molecule has 0 saturated carbocycles. The van der Waals surface area contributed by atoms with E-state index in [9.17, 15) is 14.4 Å². The number of carbonyl (C=O) groups excluding carboxylic acids is 3. The number of barbiturate groups is 1. The molecule has 4 rings (SSSR count). The number of benzene rings is 3. The van der Waals surface area contributed by atoms with Crippen molar-refractivity contribution in [3.8, 4) is 5.75 Å². The maximum absolute atomic E-state index is 13.1. The summed E-state index contributed by atoms with van der Waals surface area (Å²) < 4.78 is 7.19. The first-order valence-electron chi connectivity index (χ1n) is 10.1. The Bertz CT molecular complexity index is 1320. The zero-order valence-corrected chi connectivity index (χ0v) is 21.7. The largest absolute Gasteiger partial charge is 0.487 e. The van der Waals surface area contributed by atoms with Gasteiger partial charge < -0.3 is 4.74 Å². The molecule has 3 aromatic carbocycles. The van der Waals surface area contributed by atoms with Crippen LogP contribution in [0.3, 0.4) is 0 Å². The Morgan fingerprint density at radius 1 is 1.00 bits per heavy atom. The number of hydrogen-bond donors (Lipinski definition) is 1. The van der Waals surface area contributed by atoms with Crippen molar-refractivity contribution >= 4 is 73.1 Å². The lowest BCUT2D eigenvalue weighted by molar-refractivity contribution is -0.122. The number of carbonyl (C=O) groups is 3. The lowest BCUT2D eigenvalue weighted by Gasteiger charge is -2.26. The SMILES string of the molecule is Cc1ccc(N2C(=O)NC(=O)/C(=C/c3cc(Br)c(OCc4ccccc4)c(Br)c3)C2=O)cc1Cl. The smallest absolute Gasteiger partial charge is 0.335 e. The van der Waals surface area contributed by atoms with Crippen LogP contribution >= 0.6 is 43.5 Å². The van der Waals surface area contributed by atoms with Crippen LogP contribution in [0.4, 0.5) is 10.5 Å². The molecule has 1 saturated heterocycles. The number of ether oxygens (including phenoxy) is 1. The average Bonchev–Trinajstić information content (AvgIpc) is 2.79. The van der Waals surface area contributed by atoms with Crippen LogP contribution in [0.2, 0.25) is 5.02 Å². The number of hydrogen-bond acceptors (Lipinski definition) is 4. The standard InChI is InChI=1S/C25H17Br2ClN2O4/c1-14-7-8-17(12-21(14)28)30-24(32)18(23(31)29-25(30)33)9-16-10-19(26)22(20(27)11-16)34-13-15-5-3-2-4-6-15/h2-12H,13H2,1H3,(H,29,31,33)/b18-9-. The zero-order chi connectivity index (χ0) is 24.4. The normalized spacial score (nSPS) is 15.0. The van der Waals surface area contributed by atoms with E-state index >= 15 is 0 Å². The minimum absolute atomic E-state index is 0.187. The minimum atomic E-state index is -0.834. The van der Waals surface area contributed by atoms with Crippen LogP contribution in [0, 0.1) is 6.92 Å². The minimum Gasteiger partial charge on any atom is -0.487 e. The molecule has 4 amide bonds. The molecule has 1 heterocycles. The van der Waals surface area contributed by atoms with E-state index in [0.29, 0.717) is 31.9 Å². The van der Waals surface area contributed by atoms with Gasteiger partial charge in [0.2, 0.25) is 0 Å². The highest BCUT2D eigenvalue weighted by molar-refractivity contribution is 9.11. The molecule has 0 aromatic heterocycles. The monoisotopic (exact) mass is 602 g/mol. The Morgan fingerprint density at radius 3 is 2.32 bits per heavy atom. The van der Waals surface area contributed by atoms with E-state index in [-0.39, 0.29) is 11.3 Å². The van der Waals surface area contributed by atoms with Gasteiger partial charge in [-0.15, -0.1) is 0 Å². The van der Waals surface area contributed by atoms with Gasteiger partial charge in [0, 0.05) is 5.02 Å². The van der Waals surface area contributed by atoms with Crippen molar-refractivity contribution in [1.29, 1.82) is 0 Å². The molecule has 0 radical (unpaired) electrons. The van der Waals surface area contributed by atoms with Gasteiger partial charge in [0.15, 0.2) is 0 Å². The molecule has 0 spiro atoms. The first kappa shape index (κ1) is 24.2.